The van der Waals surface area contributed by atoms with E-state index in [1.54, 1.807) is 0 Å². The zero-order valence-corrected chi connectivity index (χ0v) is 22.4. The van der Waals surface area contributed by atoms with E-state index in [2.05, 4.69) is 5.32 Å². The predicted octanol–water partition coefficient (Wildman–Crippen LogP) is 4.18. The Kier molecular flexibility index (Phi) is 4.01. The van der Waals surface area contributed by atoms with Crippen LogP contribution in [0.2, 0.25) is 0 Å². The van der Waals surface area contributed by atoms with Gasteiger partial charge in [-0.1, -0.05) is 48.4 Å². The van der Waals surface area contributed by atoms with Gasteiger partial charge in [-0.25, -0.2) is 4.79 Å². The van der Waals surface area contributed by atoms with Crippen LogP contribution in [-0.4, -0.2) is 80.8 Å². The number of allylic oxidation sites excluding steroid dienone is 1. The number of piperazine rings is 1. The molecule has 0 aromatic heterocycles. The van der Waals surface area contributed by atoms with Gasteiger partial charge < -0.3 is 19.9 Å². The van der Waals surface area contributed by atoms with E-state index < -0.39 is 127 Å². The fraction of sp³-hybridized carbons (Fsp3) is 0.303. The third-order valence-corrected chi connectivity index (χ3v) is 6.26. The van der Waals surface area contributed by atoms with Crippen LogP contribution in [0, 0.1) is 0 Å². The van der Waals surface area contributed by atoms with Crippen LogP contribution in [-0.2, 0) is 20.7 Å². The molecule has 0 radical (unpaired) electrons. The van der Waals surface area contributed by atoms with Gasteiger partial charge in [0.1, 0.15) is 0 Å². The molecule has 212 valence electrons. The number of likely N-dealkylation sites (N-methyl/N-ethyl adjacent to an activating group) is 2. The Morgan fingerprint density at radius 2 is 1.88 bits per heavy atom. The Balaban J connectivity index is 1.71. The SMILES string of the molecule is [2H]c1c([2H])c([2H])c(/C(Cc2c([2H])c([2H])c(N(C)C(=O)C([2H])([2H])N3C([2H])([2H])C([2H])([2H])N(C)C([2H])(C)C3([2H])[2H])c([2H])c2[2H])=C2/C(=O)Nc3cc(C(=O)OC)ccc32)c([2H])c1[2H]. The second-order valence-electron chi connectivity index (χ2n) is 8.85. The van der Waals surface area contributed by atoms with Crippen LogP contribution in [0.3, 0.4) is 0 Å². The van der Waals surface area contributed by atoms with Crippen LogP contribution in [0.5, 0.6) is 0 Å². The average Bonchev–Trinajstić information content (AvgIpc) is 3.48. The van der Waals surface area contributed by atoms with Crippen molar-refractivity contribution in [2.45, 2.75) is 19.4 Å². The van der Waals surface area contributed by atoms with Crippen molar-refractivity contribution in [2.24, 2.45) is 0 Å². The molecule has 2 aliphatic heterocycles. The maximum Gasteiger partial charge on any atom is 0.337 e. The standard InChI is InChI=1S/C33H36N4O4/c1-22-20-37(17-16-35(22)2)21-30(38)36(3)26-13-10-23(11-14-26)18-28(24-8-6-5-7-9-24)31-27-15-12-25(33(40)41-4)19-29(27)34-32(31)39/h5-15,19,22H,16-18,20-21H2,1-4H3,(H,34,39)/b31-28+/i5D,6D,7D,8D,9D,10D,11D,13D,14D,16D2,17D2,20D2,21D2,22D. The number of fused-ring (bicyclic) bond motifs is 1. The molecule has 8 heteroatoms. The van der Waals surface area contributed by atoms with Crippen molar-refractivity contribution in [1.82, 2.24) is 9.80 Å². The molecule has 5 rings (SSSR count). The van der Waals surface area contributed by atoms with Crippen molar-refractivity contribution < 1.29 is 43.8 Å². The molecule has 1 atom stereocenters. The van der Waals surface area contributed by atoms with Gasteiger partial charge in [0.05, 0.1) is 39.8 Å². The molecular formula is C33H36N4O4. The van der Waals surface area contributed by atoms with Crippen LogP contribution >= 0.6 is 0 Å². The summed E-state index contributed by atoms with van der Waals surface area (Å²) in [5, 5.41) is 2.54. The number of anilines is 2. The zero-order chi connectivity index (χ0) is 45.0. The van der Waals surface area contributed by atoms with Crippen molar-refractivity contribution in [2.75, 3.05) is 57.4 Å². The molecule has 2 aliphatic rings. The second-order valence-corrected chi connectivity index (χ2v) is 8.85. The predicted molar refractivity (Wildman–Crippen MR) is 162 cm³/mol. The first-order valence-corrected chi connectivity index (χ1v) is 12.1. The van der Waals surface area contributed by atoms with Gasteiger partial charge in [-0.3, -0.25) is 14.5 Å². The smallest absolute Gasteiger partial charge is 0.337 e. The second kappa shape index (κ2) is 12.1. The normalized spacial score (nSPS) is 30.6. The maximum atomic E-state index is 14.0. The molecule has 0 aliphatic carbocycles. The van der Waals surface area contributed by atoms with Gasteiger partial charge in [0.15, 0.2) is 0 Å². The average molecular weight is 571 g/mol. The van der Waals surface area contributed by atoms with E-state index in [1.807, 2.05) is 0 Å². The summed E-state index contributed by atoms with van der Waals surface area (Å²) < 4.78 is 159. The van der Waals surface area contributed by atoms with Crippen LogP contribution in [0.25, 0.3) is 11.1 Å². The number of hydrogen-bond acceptors (Lipinski definition) is 6. The number of nitrogens with zero attached hydrogens (tertiary/aromatic N) is 3. The number of amides is 2. The summed E-state index contributed by atoms with van der Waals surface area (Å²) in [6, 6.07) is -6.67. The Bertz CT molecular complexity index is 2300. The molecule has 3 aromatic rings. The van der Waals surface area contributed by atoms with Crippen LogP contribution < -0.4 is 10.2 Å². The molecule has 1 N–H and O–H groups in total. The van der Waals surface area contributed by atoms with Crippen molar-refractivity contribution >= 4 is 40.3 Å². The number of nitrogens with one attached hydrogen (secondary N) is 1. The lowest BCUT2D eigenvalue weighted by atomic mass is 9.90. The quantitative estimate of drug-likeness (QED) is 0.339. The molecule has 3 aromatic carbocycles. The molecular weight excluding hydrogens is 516 g/mol. The highest BCUT2D eigenvalue weighted by molar-refractivity contribution is 6.37. The summed E-state index contributed by atoms with van der Waals surface area (Å²) in [5.74, 6) is -3.52. The number of esters is 1. The molecule has 1 saturated heterocycles. The Hall–Kier alpha value is -4.27. The molecule has 1 unspecified atom stereocenters. The van der Waals surface area contributed by atoms with Gasteiger partial charge in [0.2, 0.25) is 5.91 Å². The highest BCUT2D eigenvalue weighted by atomic mass is 16.5. The molecule has 0 saturated carbocycles. The highest BCUT2D eigenvalue weighted by Gasteiger charge is 2.29. The molecule has 0 spiro atoms. The lowest BCUT2D eigenvalue weighted by Gasteiger charge is -2.37. The molecule has 2 heterocycles. The van der Waals surface area contributed by atoms with Crippen LogP contribution in [0.15, 0.2) is 72.6 Å². The molecule has 1 fully saturated rings. The number of methoxy groups -OCH3 is 1. The Morgan fingerprint density at radius 3 is 2.59 bits per heavy atom. The van der Waals surface area contributed by atoms with E-state index in [1.165, 1.54) is 18.2 Å². The summed E-state index contributed by atoms with van der Waals surface area (Å²) >= 11 is 0. The van der Waals surface area contributed by atoms with Crippen molar-refractivity contribution in [3.63, 3.8) is 0 Å². The number of carbonyl (C=O) groups is 3. The van der Waals surface area contributed by atoms with Gasteiger partial charge in [0, 0.05) is 59.1 Å². The van der Waals surface area contributed by atoms with Crippen molar-refractivity contribution in [3.8, 4) is 0 Å². The lowest BCUT2D eigenvalue weighted by molar-refractivity contribution is -0.120. The van der Waals surface area contributed by atoms with Gasteiger partial charge >= 0.3 is 5.97 Å². The first kappa shape index (κ1) is 13.6. The van der Waals surface area contributed by atoms with Crippen molar-refractivity contribution in [1.29, 1.82) is 0 Å². The van der Waals surface area contributed by atoms with E-state index in [9.17, 15) is 14.4 Å². The largest absolute Gasteiger partial charge is 0.465 e. The number of hydrogen-bond donors (Lipinski definition) is 1. The van der Waals surface area contributed by atoms with Gasteiger partial charge in [-0.2, -0.15) is 0 Å². The van der Waals surface area contributed by atoms with E-state index in [4.69, 9.17) is 29.4 Å². The van der Waals surface area contributed by atoms with Crippen LogP contribution in [0.4, 0.5) is 11.4 Å². The number of benzene rings is 3. The summed E-state index contributed by atoms with van der Waals surface area (Å²) in [5.41, 5.74) is -2.50. The fourth-order valence-corrected chi connectivity index (χ4v) is 3.99. The summed E-state index contributed by atoms with van der Waals surface area (Å²) in [6.45, 7) is -13.4. The summed E-state index contributed by atoms with van der Waals surface area (Å²) in [4.78, 5) is 40.3. The zero-order valence-electron chi connectivity index (χ0n) is 40.4. The molecule has 8 nitrogen and oxygen atoms in total. The third kappa shape index (κ3) is 6.09. The highest BCUT2D eigenvalue weighted by Crippen LogP contribution is 2.39. The molecule has 0 bridgehead atoms. The number of ether oxygens (including phenoxy) is 1. The Morgan fingerprint density at radius 1 is 1.15 bits per heavy atom. The van der Waals surface area contributed by atoms with Gasteiger partial charge in [-0.05, 0) is 61.3 Å². The van der Waals surface area contributed by atoms with E-state index in [-0.39, 0.29) is 37.8 Å². The minimum Gasteiger partial charge on any atom is -0.465 e. The first-order chi connectivity index (χ1) is 26.9. The van der Waals surface area contributed by atoms with Gasteiger partial charge in [0.25, 0.3) is 5.91 Å². The molecule has 2 amide bonds. The summed E-state index contributed by atoms with van der Waals surface area (Å²) in [6.07, 6.45) is -0.817. The Labute approximate surface area is 266 Å². The molecule has 41 heavy (non-hydrogen) atoms. The third-order valence-electron chi connectivity index (χ3n) is 6.26. The number of rotatable bonds is 7. The summed E-state index contributed by atoms with van der Waals surface area (Å²) in [7, 11) is 2.83. The maximum absolute atomic E-state index is 14.0. The van der Waals surface area contributed by atoms with Crippen LogP contribution in [0.1, 0.15) is 58.6 Å². The van der Waals surface area contributed by atoms with Gasteiger partial charge in [-0.15, -0.1) is 0 Å². The lowest BCUT2D eigenvalue weighted by Crippen LogP contribution is -2.52. The van der Waals surface area contributed by atoms with Crippen molar-refractivity contribution in [3.05, 3.63) is 94.8 Å². The minimum absolute atomic E-state index is 0.0164. The number of carbonyl (C=O) groups excluding carboxylic acids is 3. The van der Waals surface area contributed by atoms with E-state index >= 15 is 0 Å². The minimum atomic E-state index is -3.86. The van der Waals surface area contributed by atoms with E-state index in [0.717, 1.165) is 28.1 Å². The first-order valence-electron chi connectivity index (χ1n) is 21.1. The van der Waals surface area contributed by atoms with E-state index in [0.29, 0.717) is 4.90 Å². The topological polar surface area (TPSA) is 82.2 Å². The fourth-order valence-electron chi connectivity index (χ4n) is 3.99. The monoisotopic (exact) mass is 570 g/mol.